The third kappa shape index (κ3) is 4.47. The first kappa shape index (κ1) is 16.3. The van der Waals surface area contributed by atoms with Crippen molar-refractivity contribution in [2.45, 2.75) is 57.7 Å². The van der Waals surface area contributed by atoms with E-state index < -0.39 is 0 Å². The van der Waals surface area contributed by atoms with Gasteiger partial charge in [0.2, 0.25) is 0 Å². The number of piperidine rings is 1. The smallest absolute Gasteiger partial charge is 0.191 e. The van der Waals surface area contributed by atoms with Crippen molar-refractivity contribution in [3.8, 4) is 0 Å². The standard InChI is InChI=1S/C19H30N4/c1-3-15-6-4-5-7-16(15)14-21-19(20-2)22-17-10-12-23(13-11-17)18-8-9-18/h4-7,17-18H,3,8-14H2,1-2H3,(H2,20,21,22). The Morgan fingerprint density at radius 1 is 1.13 bits per heavy atom. The van der Waals surface area contributed by atoms with Crippen LogP contribution in [0.25, 0.3) is 0 Å². The van der Waals surface area contributed by atoms with Gasteiger partial charge in [-0.1, -0.05) is 31.2 Å². The molecule has 3 rings (SSSR count). The van der Waals surface area contributed by atoms with Gasteiger partial charge in [-0.05, 0) is 43.2 Å². The van der Waals surface area contributed by atoms with E-state index in [1.54, 1.807) is 0 Å². The molecule has 4 nitrogen and oxygen atoms in total. The average molecular weight is 314 g/mol. The van der Waals surface area contributed by atoms with Crippen molar-refractivity contribution in [3.05, 3.63) is 35.4 Å². The summed E-state index contributed by atoms with van der Waals surface area (Å²) in [6.45, 7) is 5.51. The molecule has 0 bridgehead atoms. The van der Waals surface area contributed by atoms with Crippen LogP contribution in [0.15, 0.2) is 29.3 Å². The van der Waals surface area contributed by atoms with Gasteiger partial charge in [-0.3, -0.25) is 4.99 Å². The fourth-order valence-corrected chi connectivity index (χ4v) is 3.49. The fourth-order valence-electron chi connectivity index (χ4n) is 3.49. The van der Waals surface area contributed by atoms with Crippen LogP contribution in [-0.2, 0) is 13.0 Å². The molecule has 1 aliphatic heterocycles. The Morgan fingerprint density at radius 2 is 1.83 bits per heavy atom. The number of aliphatic imine (C=N–C) groups is 1. The lowest BCUT2D eigenvalue weighted by Crippen LogP contribution is -2.48. The third-order valence-electron chi connectivity index (χ3n) is 5.10. The topological polar surface area (TPSA) is 39.7 Å². The quantitative estimate of drug-likeness (QED) is 0.648. The number of nitrogens with one attached hydrogen (secondary N) is 2. The van der Waals surface area contributed by atoms with E-state index in [9.17, 15) is 0 Å². The predicted octanol–water partition coefficient (Wildman–Crippen LogP) is 2.54. The third-order valence-corrected chi connectivity index (χ3v) is 5.10. The van der Waals surface area contributed by atoms with Crippen molar-refractivity contribution in [1.29, 1.82) is 0 Å². The highest BCUT2D eigenvalue weighted by Gasteiger charge is 2.31. The molecule has 0 spiro atoms. The van der Waals surface area contributed by atoms with Crippen LogP contribution in [0.4, 0.5) is 0 Å². The van der Waals surface area contributed by atoms with Crippen LogP contribution in [0.5, 0.6) is 0 Å². The summed E-state index contributed by atoms with van der Waals surface area (Å²) in [5.41, 5.74) is 2.77. The Bertz CT molecular complexity index is 528. The molecular formula is C19H30N4. The molecule has 2 fully saturated rings. The predicted molar refractivity (Wildman–Crippen MR) is 96.8 cm³/mol. The first-order chi connectivity index (χ1) is 11.3. The minimum Gasteiger partial charge on any atom is -0.354 e. The maximum atomic E-state index is 4.40. The number of likely N-dealkylation sites (tertiary alicyclic amines) is 1. The molecule has 23 heavy (non-hydrogen) atoms. The summed E-state index contributed by atoms with van der Waals surface area (Å²) in [4.78, 5) is 7.06. The summed E-state index contributed by atoms with van der Waals surface area (Å²) in [5, 5.41) is 7.08. The van der Waals surface area contributed by atoms with Crippen molar-refractivity contribution < 1.29 is 0 Å². The summed E-state index contributed by atoms with van der Waals surface area (Å²) in [7, 11) is 1.86. The van der Waals surface area contributed by atoms with Gasteiger partial charge in [0.15, 0.2) is 5.96 Å². The largest absolute Gasteiger partial charge is 0.354 e. The Kier molecular flexibility index (Phi) is 5.55. The molecule has 0 unspecified atom stereocenters. The lowest BCUT2D eigenvalue weighted by molar-refractivity contribution is 0.197. The molecular weight excluding hydrogens is 284 g/mol. The zero-order valence-electron chi connectivity index (χ0n) is 14.5. The number of guanidine groups is 1. The number of aryl methyl sites for hydroxylation is 1. The molecule has 126 valence electrons. The van der Waals surface area contributed by atoms with Gasteiger partial charge in [-0.15, -0.1) is 0 Å². The Hall–Kier alpha value is -1.55. The van der Waals surface area contributed by atoms with Crippen molar-refractivity contribution in [1.82, 2.24) is 15.5 Å². The molecule has 4 heteroatoms. The van der Waals surface area contributed by atoms with Gasteiger partial charge < -0.3 is 15.5 Å². The summed E-state index contributed by atoms with van der Waals surface area (Å²) in [6.07, 6.45) is 6.35. The maximum absolute atomic E-state index is 4.40. The minimum absolute atomic E-state index is 0.553. The minimum atomic E-state index is 0.553. The van der Waals surface area contributed by atoms with E-state index in [1.807, 2.05) is 7.05 Å². The zero-order chi connectivity index (χ0) is 16.1. The summed E-state index contributed by atoms with van der Waals surface area (Å²) < 4.78 is 0. The molecule has 2 aliphatic rings. The average Bonchev–Trinajstić information content (AvgIpc) is 3.44. The fraction of sp³-hybridized carbons (Fsp3) is 0.632. The number of rotatable bonds is 5. The second-order valence-electron chi connectivity index (χ2n) is 6.73. The van der Waals surface area contributed by atoms with E-state index in [4.69, 9.17) is 0 Å². The summed E-state index contributed by atoms with van der Waals surface area (Å²) in [6, 6.07) is 10.1. The number of benzene rings is 1. The van der Waals surface area contributed by atoms with Crippen LogP contribution in [0.3, 0.4) is 0 Å². The molecule has 0 atom stereocenters. The molecule has 1 aliphatic carbocycles. The lowest BCUT2D eigenvalue weighted by Gasteiger charge is -2.33. The monoisotopic (exact) mass is 314 g/mol. The molecule has 0 radical (unpaired) electrons. The van der Waals surface area contributed by atoms with E-state index in [-0.39, 0.29) is 0 Å². The second-order valence-corrected chi connectivity index (χ2v) is 6.73. The highest BCUT2D eigenvalue weighted by atomic mass is 15.2. The van der Waals surface area contributed by atoms with E-state index in [0.29, 0.717) is 6.04 Å². The molecule has 2 N–H and O–H groups in total. The van der Waals surface area contributed by atoms with Gasteiger partial charge in [0.1, 0.15) is 0 Å². The first-order valence-electron chi connectivity index (χ1n) is 9.08. The SMILES string of the molecule is CCc1ccccc1CNC(=NC)NC1CCN(C2CC2)CC1. The van der Waals surface area contributed by atoms with E-state index >= 15 is 0 Å². The van der Waals surface area contributed by atoms with Crippen LogP contribution >= 0.6 is 0 Å². The normalized spacial score (nSPS) is 20.5. The number of hydrogen-bond donors (Lipinski definition) is 2. The molecule has 1 saturated carbocycles. The van der Waals surface area contributed by atoms with Gasteiger partial charge in [0.25, 0.3) is 0 Å². The Labute approximate surface area is 140 Å². The van der Waals surface area contributed by atoms with Gasteiger partial charge in [-0.25, -0.2) is 0 Å². The number of nitrogens with zero attached hydrogens (tertiary/aromatic N) is 2. The van der Waals surface area contributed by atoms with Crippen molar-refractivity contribution in [2.75, 3.05) is 20.1 Å². The Morgan fingerprint density at radius 3 is 2.43 bits per heavy atom. The van der Waals surface area contributed by atoms with E-state index in [1.165, 1.54) is 49.9 Å². The summed E-state index contributed by atoms with van der Waals surface area (Å²) >= 11 is 0. The Balaban J connectivity index is 1.46. The highest BCUT2D eigenvalue weighted by Crippen LogP contribution is 2.29. The second kappa shape index (κ2) is 7.82. The molecule has 0 aromatic heterocycles. The van der Waals surface area contributed by atoms with Crippen LogP contribution in [0.2, 0.25) is 0 Å². The molecule has 1 aromatic carbocycles. The van der Waals surface area contributed by atoms with Crippen LogP contribution < -0.4 is 10.6 Å². The van der Waals surface area contributed by atoms with Crippen molar-refractivity contribution in [3.63, 3.8) is 0 Å². The molecule has 1 heterocycles. The van der Waals surface area contributed by atoms with Crippen molar-refractivity contribution in [2.24, 2.45) is 4.99 Å². The van der Waals surface area contributed by atoms with Crippen molar-refractivity contribution >= 4 is 5.96 Å². The molecule has 1 saturated heterocycles. The zero-order valence-corrected chi connectivity index (χ0v) is 14.5. The van der Waals surface area contributed by atoms with Gasteiger partial charge in [0.05, 0.1) is 0 Å². The lowest BCUT2D eigenvalue weighted by atomic mass is 10.0. The van der Waals surface area contributed by atoms with E-state index in [0.717, 1.165) is 25.0 Å². The van der Waals surface area contributed by atoms with Crippen LogP contribution in [-0.4, -0.2) is 43.1 Å². The van der Waals surface area contributed by atoms with Gasteiger partial charge >= 0.3 is 0 Å². The summed E-state index contributed by atoms with van der Waals surface area (Å²) in [5.74, 6) is 0.931. The molecule has 1 aromatic rings. The van der Waals surface area contributed by atoms with Gasteiger partial charge in [-0.2, -0.15) is 0 Å². The molecule has 0 amide bonds. The number of hydrogen-bond acceptors (Lipinski definition) is 2. The van der Waals surface area contributed by atoms with Crippen LogP contribution in [0.1, 0.15) is 43.7 Å². The van der Waals surface area contributed by atoms with E-state index in [2.05, 4.69) is 51.7 Å². The van der Waals surface area contributed by atoms with Gasteiger partial charge in [0, 0.05) is 38.8 Å². The first-order valence-corrected chi connectivity index (χ1v) is 9.08. The maximum Gasteiger partial charge on any atom is 0.191 e. The highest BCUT2D eigenvalue weighted by molar-refractivity contribution is 5.80. The van der Waals surface area contributed by atoms with Crippen LogP contribution in [0, 0.1) is 0 Å².